The van der Waals surface area contributed by atoms with Gasteiger partial charge in [0.1, 0.15) is 0 Å². The molecule has 2 aromatic carbocycles. The van der Waals surface area contributed by atoms with Crippen molar-refractivity contribution in [2.24, 2.45) is 0 Å². The van der Waals surface area contributed by atoms with E-state index in [0.29, 0.717) is 12.1 Å². The molecule has 1 aromatic heterocycles. The van der Waals surface area contributed by atoms with Gasteiger partial charge in [0, 0.05) is 57.0 Å². The highest BCUT2D eigenvalue weighted by Crippen LogP contribution is 2.29. The van der Waals surface area contributed by atoms with Crippen LogP contribution in [0.4, 0.5) is 10.8 Å². The fourth-order valence-corrected chi connectivity index (χ4v) is 4.34. The second-order valence-corrected chi connectivity index (χ2v) is 7.86. The molecule has 1 N–H and O–H groups in total. The summed E-state index contributed by atoms with van der Waals surface area (Å²) >= 11 is 1.72. The van der Waals surface area contributed by atoms with Gasteiger partial charge in [-0.1, -0.05) is 23.5 Å². The fourth-order valence-electron chi connectivity index (χ4n) is 3.32. The number of rotatable bonds is 6. The minimum absolute atomic E-state index is 0.0208. The van der Waals surface area contributed by atoms with E-state index in [4.69, 9.17) is 4.98 Å². The summed E-state index contributed by atoms with van der Waals surface area (Å²) < 4.78 is 1.21. The number of benzene rings is 2. The average Bonchev–Trinajstić information content (AvgIpc) is 3.18. The molecule has 1 saturated heterocycles. The molecule has 1 fully saturated rings. The topological polar surface area (TPSA) is 91.6 Å². The molecule has 0 aliphatic carbocycles. The van der Waals surface area contributed by atoms with Gasteiger partial charge in [-0.05, 0) is 24.3 Å². The van der Waals surface area contributed by atoms with Gasteiger partial charge in [0.25, 0.3) is 11.6 Å². The van der Waals surface area contributed by atoms with E-state index in [0.717, 1.165) is 43.4 Å². The zero-order valence-electron chi connectivity index (χ0n) is 15.8. The Kier molecular flexibility index (Phi) is 5.68. The van der Waals surface area contributed by atoms with Gasteiger partial charge >= 0.3 is 0 Å². The van der Waals surface area contributed by atoms with E-state index in [1.54, 1.807) is 11.3 Å². The maximum atomic E-state index is 12.2. The molecule has 8 nitrogen and oxygen atoms in total. The zero-order valence-corrected chi connectivity index (χ0v) is 16.6. The summed E-state index contributed by atoms with van der Waals surface area (Å²) in [7, 11) is 0. The van der Waals surface area contributed by atoms with E-state index in [-0.39, 0.29) is 11.6 Å². The molecule has 29 heavy (non-hydrogen) atoms. The Bertz CT molecular complexity index is 979. The number of nitrogens with one attached hydrogen (secondary N) is 1. The van der Waals surface area contributed by atoms with E-state index in [9.17, 15) is 14.9 Å². The van der Waals surface area contributed by atoms with Crippen molar-refractivity contribution in [2.75, 3.05) is 44.2 Å². The Balaban J connectivity index is 1.22. The van der Waals surface area contributed by atoms with Gasteiger partial charge in [0.2, 0.25) is 0 Å². The first-order chi connectivity index (χ1) is 14.1. The van der Waals surface area contributed by atoms with Crippen LogP contribution in [-0.2, 0) is 0 Å². The maximum absolute atomic E-state index is 12.2. The van der Waals surface area contributed by atoms with Crippen LogP contribution < -0.4 is 10.2 Å². The van der Waals surface area contributed by atoms with E-state index >= 15 is 0 Å². The van der Waals surface area contributed by atoms with Crippen LogP contribution in [0.5, 0.6) is 0 Å². The number of hydrogen-bond acceptors (Lipinski definition) is 7. The van der Waals surface area contributed by atoms with Gasteiger partial charge in [-0.3, -0.25) is 19.8 Å². The Labute approximate surface area is 171 Å². The summed E-state index contributed by atoms with van der Waals surface area (Å²) in [6.07, 6.45) is 0. The third kappa shape index (κ3) is 4.52. The van der Waals surface area contributed by atoms with Gasteiger partial charge < -0.3 is 10.2 Å². The largest absolute Gasteiger partial charge is 0.351 e. The molecule has 0 atom stereocenters. The van der Waals surface area contributed by atoms with Crippen LogP contribution in [-0.4, -0.2) is 60.0 Å². The third-order valence-corrected chi connectivity index (χ3v) is 6.08. The number of hydrogen-bond donors (Lipinski definition) is 1. The third-order valence-electron chi connectivity index (χ3n) is 4.98. The number of thiazole rings is 1. The van der Waals surface area contributed by atoms with Gasteiger partial charge in [-0.15, -0.1) is 0 Å². The SMILES string of the molecule is O=C(NCCN1CCN(c2nc3ccccc3s2)CC1)c1ccc([N+](=O)[O-])cc1. The number of nitrogens with zero attached hydrogens (tertiary/aromatic N) is 4. The van der Waals surface area contributed by atoms with Crippen LogP contribution in [0.25, 0.3) is 10.2 Å². The Morgan fingerprint density at radius 2 is 1.83 bits per heavy atom. The number of nitro groups is 1. The zero-order chi connectivity index (χ0) is 20.2. The molecule has 1 aliphatic heterocycles. The molecule has 0 bridgehead atoms. The van der Waals surface area contributed by atoms with Crippen molar-refractivity contribution >= 4 is 38.3 Å². The lowest BCUT2D eigenvalue weighted by Gasteiger charge is -2.34. The number of aromatic nitrogens is 1. The van der Waals surface area contributed by atoms with Gasteiger partial charge in [-0.25, -0.2) is 4.98 Å². The fraction of sp³-hybridized carbons (Fsp3) is 0.300. The number of non-ortho nitro benzene ring substituents is 1. The standard InChI is InChI=1S/C20H21N5O3S/c26-19(15-5-7-16(8-6-15)25(27)28)21-9-10-23-11-13-24(14-12-23)20-22-17-3-1-2-4-18(17)29-20/h1-8H,9-14H2,(H,21,26). The van der Waals surface area contributed by atoms with Crippen LogP contribution in [0.3, 0.4) is 0 Å². The predicted octanol–water partition coefficient (Wildman–Crippen LogP) is 2.76. The number of anilines is 1. The monoisotopic (exact) mass is 411 g/mol. The summed E-state index contributed by atoms with van der Waals surface area (Å²) in [6.45, 7) is 4.97. The number of nitro benzene ring substituents is 1. The first-order valence-corrected chi connectivity index (χ1v) is 10.3. The summed E-state index contributed by atoms with van der Waals surface area (Å²) in [6, 6.07) is 13.8. The predicted molar refractivity (Wildman–Crippen MR) is 114 cm³/mol. The molecular formula is C20H21N5O3S. The summed E-state index contributed by atoms with van der Waals surface area (Å²) in [5.41, 5.74) is 1.45. The normalized spacial score (nSPS) is 14.8. The van der Waals surface area contributed by atoms with Crippen molar-refractivity contribution in [2.45, 2.75) is 0 Å². The Morgan fingerprint density at radius 1 is 1.10 bits per heavy atom. The lowest BCUT2D eigenvalue weighted by Crippen LogP contribution is -2.48. The molecule has 9 heteroatoms. The summed E-state index contributed by atoms with van der Waals surface area (Å²) in [5.74, 6) is -0.215. The molecular weight excluding hydrogens is 390 g/mol. The van der Waals surface area contributed by atoms with Crippen LogP contribution in [0, 0.1) is 10.1 Å². The second kappa shape index (κ2) is 8.54. The second-order valence-electron chi connectivity index (χ2n) is 6.85. The number of piperazine rings is 1. The molecule has 1 aliphatic rings. The van der Waals surface area contributed by atoms with Crippen molar-refractivity contribution < 1.29 is 9.72 Å². The van der Waals surface area contributed by atoms with Crippen molar-refractivity contribution in [3.8, 4) is 0 Å². The molecule has 3 aromatic rings. The van der Waals surface area contributed by atoms with Crippen molar-refractivity contribution in [3.63, 3.8) is 0 Å². The van der Waals surface area contributed by atoms with E-state index in [1.165, 1.54) is 29.0 Å². The number of para-hydroxylation sites is 1. The van der Waals surface area contributed by atoms with Crippen molar-refractivity contribution in [1.82, 2.24) is 15.2 Å². The smallest absolute Gasteiger partial charge is 0.269 e. The number of carbonyl (C=O) groups is 1. The Hall–Kier alpha value is -3.04. The molecule has 0 radical (unpaired) electrons. The Morgan fingerprint density at radius 3 is 2.52 bits per heavy atom. The molecule has 2 heterocycles. The van der Waals surface area contributed by atoms with Crippen LogP contribution >= 0.6 is 11.3 Å². The highest BCUT2D eigenvalue weighted by atomic mass is 32.1. The molecule has 0 spiro atoms. The van der Waals surface area contributed by atoms with Gasteiger partial charge in [0.05, 0.1) is 15.1 Å². The minimum Gasteiger partial charge on any atom is -0.351 e. The first-order valence-electron chi connectivity index (χ1n) is 9.46. The molecule has 150 valence electrons. The lowest BCUT2D eigenvalue weighted by atomic mass is 10.2. The highest BCUT2D eigenvalue weighted by molar-refractivity contribution is 7.22. The van der Waals surface area contributed by atoms with Gasteiger partial charge in [0.15, 0.2) is 5.13 Å². The highest BCUT2D eigenvalue weighted by Gasteiger charge is 2.19. The molecule has 4 rings (SSSR count). The van der Waals surface area contributed by atoms with E-state index in [1.807, 2.05) is 18.2 Å². The summed E-state index contributed by atoms with van der Waals surface area (Å²) in [5, 5.41) is 14.6. The number of fused-ring (bicyclic) bond motifs is 1. The van der Waals surface area contributed by atoms with Crippen LogP contribution in [0.2, 0.25) is 0 Å². The average molecular weight is 411 g/mol. The lowest BCUT2D eigenvalue weighted by molar-refractivity contribution is -0.384. The van der Waals surface area contributed by atoms with Crippen molar-refractivity contribution in [3.05, 3.63) is 64.2 Å². The maximum Gasteiger partial charge on any atom is 0.269 e. The summed E-state index contributed by atoms with van der Waals surface area (Å²) in [4.78, 5) is 31.7. The quantitative estimate of drug-likeness (QED) is 0.495. The number of amides is 1. The van der Waals surface area contributed by atoms with Crippen LogP contribution in [0.1, 0.15) is 10.4 Å². The molecule has 0 saturated carbocycles. The van der Waals surface area contributed by atoms with Crippen LogP contribution in [0.15, 0.2) is 48.5 Å². The van der Waals surface area contributed by atoms with Gasteiger partial charge in [-0.2, -0.15) is 0 Å². The number of carbonyl (C=O) groups excluding carboxylic acids is 1. The molecule has 1 amide bonds. The van der Waals surface area contributed by atoms with E-state index < -0.39 is 4.92 Å². The minimum atomic E-state index is -0.477. The van der Waals surface area contributed by atoms with E-state index in [2.05, 4.69) is 21.2 Å². The first kappa shape index (κ1) is 19.3. The molecule has 0 unspecified atom stereocenters. The van der Waals surface area contributed by atoms with Crippen molar-refractivity contribution in [1.29, 1.82) is 0 Å².